The molecule has 3 rings (SSSR count). The molecule has 0 unspecified atom stereocenters. The van der Waals surface area contributed by atoms with E-state index in [2.05, 4.69) is 28.2 Å². The molecule has 9 heteroatoms. The van der Waals surface area contributed by atoms with Crippen molar-refractivity contribution < 1.29 is 22.7 Å². The van der Waals surface area contributed by atoms with Gasteiger partial charge in [0.05, 0.1) is 16.1 Å². The summed E-state index contributed by atoms with van der Waals surface area (Å²) in [6, 6.07) is 12.7. The minimum Gasteiger partial charge on any atom is -0.452 e. The number of benzene rings is 2. The van der Waals surface area contributed by atoms with E-state index in [0.29, 0.717) is 29.2 Å². The fourth-order valence-corrected chi connectivity index (χ4v) is 4.95. The lowest BCUT2D eigenvalue weighted by Gasteiger charge is -2.29. The number of carbonyl (C=O) groups excluding carboxylic acids is 2. The van der Waals surface area contributed by atoms with Gasteiger partial charge in [-0.15, -0.1) is 0 Å². The van der Waals surface area contributed by atoms with Gasteiger partial charge < -0.3 is 10.1 Å². The molecule has 1 aliphatic rings. The molecule has 2 aromatic rings. The molecule has 0 spiro atoms. The first-order chi connectivity index (χ1) is 14.3. The summed E-state index contributed by atoms with van der Waals surface area (Å²) >= 11 is 3.32. The fourth-order valence-electron chi connectivity index (χ4n) is 3.10. The Morgan fingerprint density at radius 2 is 1.73 bits per heavy atom. The fraction of sp³-hybridized carbons (Fsp3) is 0.333. The van der Waals surface area contributed by atoms with E-state index in [4.69, 9.17) is 4.74 Å². The Morgan fingerprint density at radius 3 is 2.37 bits per heavy atom. The monoisotopic (exact) mass is 494 g/mol. The van der Waals surface area contributed by atoms with Crippen molar-refractivity contribution in [2.24, 2.45) is 5.92 Å². The highest BCUT2D eigenvalue weighted by molar-refractivity contribution is 9.10. The van der Waals surface area contributed by atoms with Gasteiger partial charge in [-0.1, -0.05) is 19.1 Å². The maximum atomic E-state index is 12.7. The van der Waals surface area contributed by atoms with Crippen molar-refractivity contribution in [3.63, 3.8) is 0 Å². The maximum absolute atomic E-state index is 12.7. The average molecular weight is 495 g/mol. The van der Waals surface area contributed by atoms with E-state index < -0.39 is 28.5 Å². The minimum atomic E-state index is -3.58. The highest BCUT2D eigenvalue weighted by Crippen LogP contribution is 2.24. The van der Waals surface area contributed by atoms with Crippen molar-refractivity contribution in [1.29, 1.82) is 0 Å². The van der Waals surface area contributed by atoms with Crippen LogP contribution in [0.3, 0.4) is 0 Å². The highest BCUT2D eigenvalue weighted by Gasteiger charge is 2.28. The van der Waals surface area contributed by atoms with Gasteiger partial charge in [0, 0.05) is 17.6 Å². The molecular weight excluding hydrogens is 472 g/mol. The number of nitrogens with zero attached hydrogens (tertiary/aromatic N) is 1. The molecular formula is C21H23BrN2O5S. The summed E-state index contributed by atoms with van der Waals surface area (Å²) in [5.41, 5.74) is 0.745. The van der Waals surface area contributed by atoms with Crippen LogP contribution >= 0.6 is 15.9 Å². The van der Waals surface area contributed by atoms with Gasteiger partial charge in [0.2, 0.25) is 10.0 Å². The van der Waals surface area contributed by atoms with Crippen molar-refractivity contribution >= 4 is 43.5 Å². The van der Waals surface area contributed by atoms with Crippen LogP contribution < -0.4 is 5.32 Å². The summed E-state index contributed by atoms with van der Waals surface area (Å²) in [4.78, 5) is 24.3. The van der Waals surface area contributed by atoms with E-state index in [9.17, 15) is 18.0 Å². The van der Waals surface area contributed by atoms with Crippen molar-refractivity contribution in [2.75, 3.05) is 25.0 Å². The molecule has 160 valence electrons. The average Bonchev–Trinajstić information content (AvgIpc) is 2.74. The van der Waals surface area contributed by atoms with E-state index in [1.165, 1.54) is 28.6 Å². The molecule has 1 heterocycles. The van der Waals surface area contributed by atoms with Gasteiger partial charge in [-0.05, 0) is 71.1 Å². The number of anilines is 1. The SMILES string of the molecule is CC1CCN(S(=O)(=O)c2ccc(C(=O)OCC(=O)Nc3ccccc3Br)cc2)CC1. The molecule has 7 nitrogen and oxygen atoms in total. The number of amides is 1. The second-order valence-corrected chi connectivity index (χ2v) is 10.0. The number of hydrogen-bond donors (Lipinski definition) is 1. The molecule has 1 amide bonds. The van der Waals surface area contributed by atoms with Gasteiger partial charge in [0.25, 0.3) is 5.91 Å². The highest BCUT2D eigenvalue weighted by atomic mass is 79.9. The lowest BCUT2D eigenvalue weighted by atomic mass is 10.0. The van der Waals surface area contributed by atoms with Crippen molar-refractivity contribution in [2.45, 2.75) is 24.7 Å². The van der Waals surface area contributed by atoms with Crippen LogP contribution in [0.5, 0.6) is 0 Å². The third kappa shape index (κ3) is 5.47. The summed E-state index contributed by atoms with van der Waals surface area (Å²) in [7, 11) is -3.58. The molecule has 1 N–H and O–H groups in total. The predicted octanol–water partition coefficient (Wildman–Crippen LogP) is 3.67. The van der Waals surface area contributed by atoms with Crippen LogP contribution in [0, 0.1) is 5.92 Å². The Morgan fingerprint density at radius 1 is 1.10 bits per heavy atom. The maximum Gasteiger partial charge on any atom is 0.338 e. The van der Waals surface area contributed by atoms with Crippen LogP contribution in [0.25, 0.3) is 0 Å². The number of nitrogens with one attached hydrogen (secondary N) is 1. The Bertz CT molecular complexity index is 1020. The van der Waals surface area contributed by atoms with Gasteiger partial charge in [0.15, 0.2) is 6.61 Å². The van der Waals surface area contributed by atoms with Crippen LogP contribution in [0.4, 0.5) is 5.69 Å². The zero-order chi connectivity index (χ0) is 21.7. The molecule has 0 radical (unpaired) electrons. The molecule has 1 saturated heterocycles. The number of halogens is 1. The second kappa shape index (κ2) is 9.72. The molecule has 0 atom stereocenters. The molecule has 1 aliphatic heterocycles. The number of carbonyl (C=O) groups is 2. The van der Waals surface area contributed by atoms with E-state index in [1.54, 1.807) is 18.2 Å². The zero-order valence-corrected chi connectivity index (χ0v) is 18.9. The largest absolute Gasteiger partial charge is 0.452 e. The lowest BCUT2D eigenvalue weighted by Crippen LogP contribution is -2.37. The normalized spacial score (nSPS) is 15.5. The van der Waals surface area contributed by atoms with E-state index in [1.807, 2.05) is 6.07 Å². The van der Waals surface area contributed by atoms with Gasteiger partial charge in [-0.3, -0.25) is 4.79 Å². The summed E-state index contributed by atoms with van der Waals surface area (Å²) in [6.07, 6.45) is 1.68. The predicted molar refractivity (Wildman–Crippen MR) is 117 cm³/mol. The number of rotatable bonds is 6. The molecule has 0 aliphatic carbocycles. The Balaban J connectivity index is 1.57. The first kappa shape index (κ1) is 22.5. The molecule has 30 heavy (non-hydrogen) atoms. The first-order valence-corrected chi connectivity index (χ1v) is 11.8. The number of esters is 1. The van der Waals surface area contributed by atoms with E-state index in [0.717, 1.165) is 12.8 Å². The van der Waals surface area contributed by atoms with E-state index >= 15 is 0 Å². The molecule has 2 aromatic carbocycles. The lowest BCUT2D eigenvalue weighted by molar-refractivity contribution is -0.119. The number of ether oxygens (including phenoxy) is 1. The molecule has 0 aromatic heterocycles. The molecule has 0 saturated carbocycles. The van der Waals surface area contributed by atoms with Gasteiger partial charge >= 0.3 is 5.97 Å². The van der Waals surface area contributed by atoms with Crippen LogP contribution in [0.15, 0.2) is 57.9 Å². The van der Waals surface area contributed by atoms with Gasteiger partial charge in [-0.2, -0.15) is 4.31 Å². The van der Waals surface area contributed by atoms with Gasteiger partial charge in [-0.25, -0.2) is 13.2 Å². The summed E-state index contributed by atoms with van der Waals surface area (Å²) in [6.45, 7) is 2.66. The number of sulfonamides is 1. The number of piperidine rings is 1. The van der Waals surface area contributed by atoms with E-state index in [-0.39, 0.29) is 10.5 Å². The van der Waals surface area contributed by atoms with Crippen molar-refractivity contribution in [3.8, 4) is 0 Å². The summed E-state index contributed by atoms with van der Waals surface area (Å²) < 4.78 is 32.7. The van der Waals surface area contributed by atoms with Crippen LogP contribution in [-0.4, -0.2) is 44.3 Å². The van der Waals surface area contributed by atoms with Crippen molar-refractivity contribution in [3.05, 3.63) is 58.6 Å². The zero-order valence-electron chi connectivity index (χ0n) is 16.5. The summed E-state index contributed by atoms with van der Waals surface area (Å²) in [5.74, 6) is -0.657. The molecule has 1 fully saturated rings. The Labute approximate surface area is 184 Å². The molecule has 0 bridgehead atoms. The van der Waals surface area contributed by atoms with Gasteiger partial charge in [0.1, 0.15) is 0 Å². The second-order valence-electron chi connectivity index (χ2n) is 7.22. The van der Waals surface area contributed by atoms with Crippen LogP contribution in [0.1, 0.15) is 30.1 Å². The number of para-hydroxylation sites is 1. The van der Waals surface area contributed by atoms with Crippen molar-refractivity contribution in [1.82, 2.24) is 4.31 Å². The standard InChI is InChI=1S/C21H23BrN2O5S/c1-15-10-12-24(13-11-15)30(27,28)17-8-6-16(7-9-17)21(26)29-14-20(25)23-19-5-3-2-4-18(19)22/h2-9,15H,10-14H2,1H3,(H,23,25). The number of hydrogen-bond acceptors (Lipinski definition) is 5. The smallest absolute Gasteiger partial charge is 0.338 e. The summed E-state index contributed by atoms with van der Waals surface area (Å²) in [5, 5.41) is 2.64. The minimum absolute atomic E-state index is 0.139. The Hall–Kier alpha value is -2.23. The third-order valence-corrected chi connectivity index (χ3v) is 7.56. The van der Waals surface area contributed by atoms with Crippen LogP contribution in [-0.2, 0) is 19.6 Å². The topological polar surface area (TPSA) is 92.8 Å². The third-order valence-electron chi connectivity index (χ3n) is 4.95. The Kier molecular flexibility index (Phi) is 7.27. The first-order valence-electron chi connectivity index (χ1n) is 9.59. The van der Waals surface area contributed by atoms with Crippen LogP contribution in [0.2, 0.25) is 0 Å². The quantitative estimate of drug-likeness (QED) is 0.618.